The molecule has 0 aliphatic rings. The minimum absolute atomic E-state index is 0.0299. The molecular formula is C19H20FN3O3S. The van der Waals surface area contributed by atoms with Gasteiger partial charge in [-0.1, -0.05) is 29.8 Å². The standard InChI is InChI=1S/C19H20FN3O3S/c1-12-7-8-16(13(2)9-12)21-17(24)10-27-11-18(25)22-23-19(26)14-5-3-4-6-15(14)20/h3-9H,10-11H2,1-2H3,(H,21,24)(H,22,25)(H,23,26). The van der Waals surface area contributed by atoms with Crippen LogP contribution in [-0.2, 0) is 9.59 Å². The largest absolute Gasteiger partial charge is 0.325 e. The van der Waals surface area contributed by atoms with E-state index in [-0.39, 0.29) is 23.0 Å². The molecule has 2 rings (SSSR count). The Hall–Kier alpha value is -2.87. The number of rotatable bonds is 6. The zero-order chi connectivity index (χ0) is 19.8. The number of anilines is 1. The van der Waals surface area contributed by atoms with Crippen molar-refractivity contribution in [3.05, 3.63) is 65.0 Å². The van der Waals surface area contributed by atoms with Gasteiger partial charge in [-0.3, -0.25) is 25.2 Å². The Morgan fingerprint density at radius 3 is 2.37 bits per heavy atom. The summed E-state index contributed by atoms with van der Waals surface area (Å²) in [7, 11) is 0. The number of nitrogens with one attached hydrogen (secondary N) is 3. The molecule has 3 amide bonds. The third kappa shape index (κ3) is 6.41. The van der Waals surface area contributed by atoms with Crippen LogP contribution in [0.25, 0.3) is 0 Å². The van der Waals surface area contributed by atoms with Crippen LogP contribution in [0.15, 0.2) is 42.5 Å². The summed E-state index contributed by atoms with van der Waals surface area (Å²) in [5.41, 5.74) is 6.95. The highest BCUT2D eigenvalue weighted by molar-refractivity contribution is 8.00. The van der Waals surface area contributed by atoms with E-state index in [9.17, 15) is 18.8 Å². The molecule has 142 valence electrons. The zero-order valence-electron chi connectivity index (χ0n) is 15.0. The minimum Gasteiger partial charge on any atom is -0.325 e. The number of thioether (sulfide) groups is 1. The number of aryl methyl sites for hydroxylation is 2. The second-order valence-electron chi connectivity index (χ2n) is 5.84. The van der Waals surface area contributed by atoms with E-state index in [1.54, 1.807) is 0 Å². The Balaban J connectivity index is 1.70. The molecule has 0 heterocycles. The van der Waals surface area contributed by atoms with Gasteiger partial charge in [-0.2, -0.15) is 0 Å². The number of benzene rings is 2. The number of carbonyl (C=O) groups is 3. The molecule has 0 saturated heterocycles. The van der Waals surface area contributed by atoms with Crippen LogP contribution in [0.2, 0.25) is 0 Å². The Morgan fingerprint density at radius 1 is 0.963 bits per heavy atom. The zero-order valence-corrected chi connectivity index (χ0v) is 15.8. The van der Waals surface area contributed by atoms with Crippen LogP contribution in [0.4, 0.5) is 10.1 Å². The maximum Gasteiger partial charge on any atom is 0.272 e. The van der Waals surface area contributed by atoms with Crippen molar-refractivity contribution in [3.8, 4) is 0 Å². The lowest BCUT2D eigenvalue weighted by Crippen LogP contribution is -2.42. The third-order valence-corrected chi connectivity index (χ3v) is 4.49. The quantitative estimate of drug-likeness (QED) is 0.663. The summed E-state index contributed by atoms with van der Waals surface area (Å²) in [5.74, 6) is -2.10. The first-order valence-corrected chi connectivity index (χ1v) is 9.31. The van der Waals surface area contributed by atoms with Gasteiger partial charge in [0.2, 0.25) is 11.8 Å². The average molecular weight is 389 g/mol. The van der Waals surface area contributed by atoms with Crippen LogP contribution in [0.1, 0.15) is 21.5 Å². The predicted molar refractivity (Wildman–Crippen MR) is 104 cm³/mol. The van der Waals surface area contributed by atoms with Gasteiger partial charge in [-0.15, -0.1) is 11.8 Å². The lowest BCUT2D eigenvalue weighted by atomic mass is 10.1. The summed E-state index contributed by atoms with van der Waals surface area (Å²) in [6.45, 7) is 3.87. The highest BCUT2D eigenvalue weighted by atomic mass is 32.2. The molecule has 8 heteroatoms. The molecule has 0 aliphatic heterocycles. The van der Waals surface area contributed by atoms with Crippen molar-refractivity contribution in [2.45, 2.75) is 13.8 Å². The summed E-state index contributed by atoms with van der Waals surface area (Å²) < 4.78 is 13.5. The van der Waals surface area contributed by atoms with E-state index in [2.05, 4.69) is 16.2 Å². The van der Waals surface area contributed by atoms with Crippen LogP contribution in [0, 0.1) is 19.7 Å². The Labute approximate surface area is 160 Å². The molecule has 0 aliphatic carbocycles. The predicted octanol–water partition coefficient (Wildman–Crippen LogP) is 2.58. The second kappa shape index (κ2) is 9.72. The molecule has 2 aromatic rings. The average Bonchev–Trinajstić information content (AvgIpc) is 2.62. The first-order chi connectivity index (χ1) is 12.9. The van der Waals surface area contributed by atoms with E-state index >= 15 is 0 Å². The van der Waals surface area contributed by atoms with Crippen LogP contribution in [0.5, 0.6) is 0 Å². The van der Waals surface area contributed by atoms with E-state index in [4.69, 9.17) is 0 Å². The van der Waals surface area contributed by atoms with E-state index in [0.717, 1.165) is 34.6 Å². The lowest BCUT2D eigenvalue weighted by molar-refractivity contribution is -0.119. The van der Waals surface area contributed by atoms with E-state index in [0.29, 0.717) is 0 Å². The van der Waals surface area contributed by atoms with Gasteiger partial charge in [0.25, 0.3) is 5.91 Å². The van der Waals surface area contributed by atoms with Crippen molar-refractivity contribution in [1.29, 1.82) is 0 Å². The Morgan fingerprint density at radius 2 is 1.67 bits per heavy atom. The molecule has 0 bridgehead atoms. The van der Waals surface area contributed by atoms with Crippen molar-refractivity contribution >= 4 is 35.2 Å². The van der Waals surface area contributed by atoms with Gasteiger partial charge < -0.3 is 5.32 Å². The van der Waals surface area contributed by atoms with Crippen molar-refractivity contribution in [2.75, 3.05) is 16.8 Å². The minimum atomic E-state index is -0.751. The molecular weight excluding hydrogens is 369 g/mol. The maximum absolute atomic E-state index is 13.5. The number of amides is 3. The maximum atomic E-state index is 13.5. The summed E-state index contributed by atoms with van der Waals surface area (Å²) in [5, 5.41) is 2.79. The molecule has 0 aromatic heterocycles. The van der Waals surface area contributed by atoms with E-state index in [1.165, 1.54) is 18.2 Å². The van der Waals surface area contributed by atoms with Gasteiger partial charge in [0.1, 0.15) is 5.82 Å². The summed E-state index contributed by atoms with van der Waals surface area (Å²) in [4.78, 5) is 35.4. The lowest BCUT2D eigenvalue weighted by Gasteiger charge is -2.10. The smallest absolute Gasteiger partial charge is 0.272 e. The van der Waals surface area contributed by atoms with Crippen molar-refractivity contribution in [1.82, 2.24) is 10.9 Å². The van der Waals surface area contributed by atoms with Crippen molar-refractivity contribution < 1.29 is 18.8 Å². The van der Waals surface area contributed by atoms with Gasteiger partial charge in [0.15, 0.2) is 0 Å². The van der Waals surface area contributed by atoms with Crippen molar-refractivity contribution in [2.24, 2.45) is 0 Å². The number of carbonyl (C=O) groups excluding carboxylic acids is 3. The highest BCUT2D eigenvalue weighted by Crippen LogP contribution is 2.16. The molecule has 0 radical (unpaired) electrons. The third-order valence-electron chi connectivity index (χ3n) is 3.56. The molecule has 0 spiro atoms. The topological polar surface area (TPSA) is 87.3 Å². The molecule has 6 nitrogen and oxygen atoms in total. The van der Waals surface area contributed by atoms with Crippen LogP contribution in [0.3, 0.4) is 0 Å². The first-order valence-electron chi connectivity index (χ1n) is 8.15. The molecule has 0 unspecified atom stereocenters. The SMILES string of the molecule is Cc1ccc(NC(=O)CSCC(=O)NNC(=O)c2ccccc2F)c(C)c1. The number of hydrogen-bond acceptors (Lipinski definition) is 4. The van der Waals surface area contributed by atoms with Crippen molar-refractivity contribution in [3.63, 3.8) is 0 Å². The first kappa shape index (κ1) is 20.4. The molecule has 0 saturated carbocycles. The van der Waals surface area contributed by atoms with Crippen LogP contribution < -0.4 is 16.2 Å². The second-order valence-corrected chi connectivity index (χ2v) is 6.83. The van der Waals surface area contributed by atoms with Gasteiger partial charge >= 0.3 is 0 Å². The Kier molecular flexibility index (Phi) is 7.36. The molecule has 3 N–H and O–H groups in total. The number of halogens is 1. The molecule has 0 fully saturated rings. The van der Waals surface area contributed by atoms with Crippen LogP contribution in [-0.4, -0.2) is 29.2 Å². The Bertz CT molecular complexity index is 858. The van der Waals surface area contributed by atoms with Gasteiger partial charge in [0.05, 0.1) is 17.1 Å². The fourth-order valence-corrected chi connectivity index (χ4v) is 2.87. The van der Waals surface area contributed by atoms with E-state index < -0.39 is 17.6 Å². The molecule has 0 atom stereocenters. The summed E-state index contributed by atoms with van der Waals surface area (Å²) in [6.07, 6.45) is 0. The fourth-order valence-electron chi connectivity index (χ4n) is 2.25. The summed E-state index contributed by atoms with van der Waals surface area (Å²) in [6, 6.07) is 11.1. The number of hydrogen-bond donors (Lipinski definition) is 3. The highest BCUT2D eigenvalue weighted by Gasteiger charge is 2.12. The van der Waals surface area contributed by atoms with E-state index in [1.807, 2.05) is 32.0 Å². The normalized spacial score (nSPS) is 10.2. The fraction of sp³-hybridized carbons (Fsp3) is 0.211. The van der Waals surface area contributed by atoms with Gasteiger partial charge in [-0.25, -0.2) is 4.39 Å². The molecule has 27 heavy (non-hydrogen) atoms. The monoisotopic (exact) mass is 389 g/mol. The number of hydrazine groups is 1. The van der Waals surface area contributed by atoms with Crippen LogP contribution >= 0.6 is 11.8 Å². The molecule has 2 aromatic carbocycles. The summed E-state index contributed by atoms with van der Waals surface area (Å²) >= 11 is 1.10. The van der Waals surface area contributed by atoms with Gasteiger partial charge in [0, 0.05) is 5.69 Å². The van der Waals surface area contributed by atoms with Gasteiger partial charge in [-0.05, 0) is 37.6 Å².